The highest BCUT2D eigenvalue weighted by atomic mass is 16.5. The highest BCUT2D eigenvalue weighted by Gasteiger charge is 2.33. The molecule has 1 aliphatic carbocycles. The highest BCUT2D eigenvalue weighted by Crippen LogP contribution is 2.33. The van der Waals surface area contributed by atoms with Gasteiger partial charge >= 0.3 is 0 Å². The van der Waals surface area contributed by atoms with Gasteiger partial charge in [-0.1, -0.05) is 24.3 Å². The van der Waals surface area contributed by atoms with E-state index >= 15 is 0 Å². The fourth-order valence-corrected chi connectivity index (χ4v) is 3.02. The Hall–Kier alpha value is -3.15. The van der Waals surface area contributed by atoms with Gasteiger partial charge in [-0.25, -0.2) is 0 Å². The van der Waals surface area contributed by atoms with Gasteiger partial charge in [0, 0.05) is 23.7 Å². The quantitative estimate of drug-likeness (QED) is 0.841. The lowest BCUT2D eigenvalue weighted by molar-refractivity contribution is -0.118. The molecule has 0 spiro atoms. The summed E-state index contributed by atoms with van der Waals surface area (Å²) in [5.74, 6) is 0.256. The molecule has 2 amide bonds. The Kier molecular flexibility index (Phi) is 4.16. The molecule has 1 fully saturated rings. The number of hydrogen-bond acceptors (Lipinski definition) is 4. The minimum Gasteiger partial charge on any atom is -0.482 e. The molecular formula is C20H18N2O4. The average Bonchev–Trinajstić information content (AvgIpc) is 3.50. The van der Waals surface area contributed by atoms with Crippen LogP contribution in [0.4, 0.5) is 5.69 Å². The first kappa shape index (κ1) is 16.3. The van der Waals surface area contributed by atoms with Gasteiger partial charge in [-0.3, -0.25) is 14.4 Å². The van der Waals surface area contributed by atoms with Crippen LogP contribution in [0.25, 0.3) is 0 Å². The van der Waals surface area contributed by atoms with Crippen LogP contribution in [0, 0.1) is 0 Å². The first-order chi connectivity index (χ1) is 12.6. The van der Waals surface area contributed by atoms with Crippen LogP contribution in [0.2, 0.25) is 0 Å². The van der Waals surface area contributed by atoms with E-state index in [0.29, 0.717) is 29.1 Å². The van der Waals surface area contributed by atoms with E-state index in [1.807, 2.05) is 17.0 Å². The molecule has 26 heavy (non-hydrogen) atoms. The third-order valence-corrected chi connectivity index (χ3v) is 4.58. The standard InChI is InChI=1S/C20H18N2O4/c23-11-14-3-1-13(2-4-14)10-22(16-6-7-16)20(25)15-5-8-17-18(9-15)26-12-19(24)21-17/h1-5,8-9,11,16H,6-7,10,12H2,(H,21,24). The fraction of sp³-hybridized carbons (Fsp3) is 0.250. The number of nitrogens with zero attached hydrogens (tertiary/aromatic N) is 1. The Labute approximate surface area is 150 Å². The molecule has 2 aromatic rings. The van der Waals surface area contributed by atoms with Crippen LogP contribution >= 0.6 is 0 Å². The van der Waals surface area contributed by atoms with Crippen LogP contribution in [-0.2, 0) is 11.3 Å². The molecule has 4 rings (SSSR count). The average molecular weight is 350 g/mol. The largest absolute Gasteiger partial charge is 0.482 e. The molecule has 0 atom stereocenters. The van der Waals surface area contributed by atoms with Crippen LogP contribution < -0.4 is 10.1 Å². The molecule has 6 heteroatoms. The van der Waals surface area contributed by atoms with Crippen molar-refractivity contribution in [2.24, 2.45) is 0 Å². The van der Waals surface area contributed by atoms with Crippen molar-refractivity contribution in [2.75, 3.05) is 11.9 Å². The molecular weight excluding hydrogens is 332 g/mol. The Balaban J connectivity index is 1.55. The number of benzene rings is 2. The molecule has 1 aliphatic heterocycles. The van der Waals surface area contributed by atoms with Gasteiger partial charge < -0.3 is 15.0 Å². The Morgan fingerprint density at radius 1 is 1.19 bits per heavy atom. The van der Waals surface area contributed by atoms with Crippen LogP contribution in [0.3, 0.4) is 0 Å². The number of nitrogens with one attached hydrogen (secondary N) is 1. The lowest BCUT2D eigenvalue weighted by Crippen LogP contribution is -2.33. The minimum atomic E-state index is -0.199. The predicted octanol–water partition coefficient (Wildman–Crippen LogP) is 2.63. The van der Waals surface area contributed by atoms with Crippen LogP contribution in [0.1, 0.15) is 39.1 Å². The van der Waals surface area contributed by atoms with E-state index in [1.54, 1.807) is 30.3 Å². The maximum absolute atomic E-state index is 13.0. The van der Waals surface area contributed by atoms with Gasteiger partial charge in [-0.05, 0) is 36.6 Å². The third-order valence-electron chi connectivity index (χ3n) is 4.58. The molecule has 0 unspecified atom stereocenters. The monoisotopic (exact) mass is 350 g/mol. The van der Waals surface area contributed by atoms with Crippen molar-refractivity contribution in [1.29, 1.82) is 0 Å². The lowest BCUT2D eigenvalue weighted by atomic mass is 10.1. The van der Waals surface area contributed by atoms with E-state index in [1.165, 1.54) is 0 Å². The van der Waals surface area contributed by atoms with Gasteiger partial charge in [0.15, 0.2) is 6.61 Å². The van der Waals surface area contributed by atoms with Crippen molar-refractivity contribution in [3.8, 4) is 5.75 Å². The van der Waals surface area contributed by atoms with Gasteiger partial charge in [0.1, 0.15) is 12.0 Å². The van der Waals surface area contributed by atoms with E-state index in [9.17, 15) is 14.4 Å². The van der Waals surface area contributed by atoms with Crippen LogP contribution in [0.5, 0.6) is 5.75 Å². The number of ether oxygens (including phenoxy) is 1. The highest BCUT2D eigenvalue weighted by molar-refractivity contribution is 5.99. The number of anilines is 1. The maximum atomic E-state index is 13.0. The van der Waals surface area contributed by atoms with E-state index in [4.69, 9.17) is 4.74 Å². The van der Waals surface area contributed by atoms with Gasteiger partial charge in [-0.15, -0.1) is 0 Å². The zero-order chi connectivity index (χ0) is 18.1. The van der Waals surface area contributed by atoms with Crippen LogP contribution in [-0.4, -0.2) is 35.6 Å². The minimum absolute atomic E-state index is 0.0416. The second-order valence-corrected chi connectivity index (χ2v) is 6.57. The zero-order valence-corrected chi connectivity index (χ0v) is 14.1. The van der Waals surface area contributed by atoms with Crippen molar-refractivity contribution in [3.05, 3.63) is 59.2 Å². The number of aldehydes is 1. The van der Waals surface area contributed by atoms with E-state index in [2.05, 4.69) is 5.32 Å². The summed E-state index contributed by atoms with van der Waals surface area (Å²) in [7, 11) is 0. The van der Waals surface area contributed by atoms with E-state index in [0.717, 1.165) is 24.7 Å². The number of fused-ring (bicyclic) bond motifs is 1. The van der Waals surface area contributed by atoms with Gasteiger partial charge in [0.05, 0.1) is 5.69 Å². The molecule has 1 N–H and O–H groups in total. The maximum Gasteiger partial charge on any atom is 0.262 e. The summed E-state index contributed by atoms with van der Waals surface area (Å²) < 4.78 is 5.41. The summed E-state index contributed by atoms with van der Waals surface area (Å²) in [5, 5.41) is 2.72. The molecule has 1 heterocycles. The Morgan fingerprint density at radius 2 is 1.96 bits per heavy atom. The molecule has 0 radical (unpaired) electrons. The van der Waals surface area contributed by atoms with Crippen molar-refractivity contribution in [3.63, 3.8) is 0 Å². The summed E-state index contributed by atoms with van der Waals surface area (Å²) >= 11 is 0. The lowest BCUT2D eigenvalue weighted by Gasteiger charge is -2.24. The molecule has 6 nitrogen and oxygen atoms in total. The second-order valence-electron chi connectivity index (χ2n) is 6.57. The number of amides is 2. The van der Waals surface area contributed by atoms with Gasteiger partial charge in [0.25, 0.3) is 11.8 Å². The fourth-order valence-electron chi connectivity index (χ4n) is 3.02. The van der Waals surface area contributed by atoms with Crippen molar-refractivity contribution in [1.82, 2.24) is 4.90 Å². The van der Waals surface area contributed by atoms with Crippen molar-refractivity contribution in [2.45, 2.75) is 25.4 Å². The Morgan fingerprint density at radius 3 is 2.65 bits per heavy atom. The third kappa shape index (κ3) is 3.31. The van der Waals surface area contributed by atoms with E-state index in [-0.39, 0.29) is 24.5 Å². The molecule has 1 saturated carbocycles. The summed E-state index contributed by atoms with van der Waals surface area (Å²) in [6.07, 6.45) is 2.80. The number of hydrogen-bond donors (Lipinski definition) is 1. The number of carbonyl (C=O) groups excluding carboxylic acids is 3. The normalized spacial score (nSPS) is 15.5. The van der Waals surface area contributed by atoms with Crippen LogP contribution in [0.15, 0.2) is 42.5 Å². The van der Waals surface area contributed by atoms with Crippen molar-refractivity contribution < 1.29 is 19.1 Å². The molecule has 132 valence electrons. The predicted molar refractivity (Wildman–Crippen MR) is 95.3 cm³/mol. The zero-order valence-electron chi connectivity index (χ0n) is 14.1. The van der Waals surface area contributed by atoms with Gasteiger partial charge in [0.2, 0.25) is 0 Å². The summed E-state index contributed by atoms with van der Waals surface area (Å²) in [5.41, 5.74) is 2.72. The number of carbonyl (C=O) groups is 3. The molecule has 0 bridgehead atoms. The topological polar surface area (TPSA) is 75.7 Å². The smallest absolute Gasteiger partial charge is 0.262 e. The SMILES string of the molecule is O=Cc1ccc(CN(C(=O)c2ccc3c(c2)OCC(=O)N3)C2CC2)cc1. The van der Waals surface area contributed by atoms with Gasteiger partial charge in [-0.2, -0.15) is 0 Å². The second kappa shape index (κ2) is 6.63. The molecule has 2 aromatic carbocycles. The van der Waals surface area contributed by atoms with E-state index < -0.39 is 0 Å². The molecule has 0 saturated heterocycles. The molecule has 2 aliphatic rings. The number of rotatable bonds is 5. The first-order valence-electron chi connectivity index (χ1n) is 8.56. The van der Waals surface area contributed by atoms with Crippen molar-refractivity contribution >= 4 is 23.8 Å². The first-order valence-corrected chi connectivity index (χ1v) is 8.56. The Bertz CT molecular complexity index is 872. The molecule has 0 aromatic heterocycles. The summed E-state index contributed by atoms with van der Waals surface area (Å²) in [6.45, 7) is 0.456. The summed E-state index contributed by atoms with van der Waals surface area (Å²) in [4.78, 5) is 37.0. The summed E-state index contributed by atoms with van der Waals surface area (Å²) in [6, 6.07) is 12.6.